The number of carbonyl (C=O) groups is 3. The number of ether oxygens (including phenoxy) is 1. The highest BCUT2D eigenvalue weighted by Gasteiger charge is 2.45. The van der Waals surface area contributed by atoms with E-state index in [9.17, 15) is 19.5 Å². The topological polar surface area (TPSA) is 105 Å². The summed E-state index contributed by atoms with van der Waals surface area (Å²) in [6.45, 7) is 5.78. The van der Waals surface area contributed by atoms with Crippen molar-refractivity contribution in [1.82, 2.24) is 10.6 Å². The number of benzene rings is 1. The highest BCUT2D eigenvalue weighted by atomic mass is 35.5. The van der Waals surface area contributed by atoms with Crippen LogP contribution in [0.2, 0.25) is 5.02 Å². The van der Waals surface area contributed by atoms with Crippen molar-refractivity contribution < 1.29 is 24.2 Å². The Morgan fingerprint density at radius 2 is 1.72 bits per heavy atom. The number of rotatable bonds is 7. The lowest BCUT2D eigenvalue weighted by Gasteiger charge is -2.33. The normalized spacial score (nSPS) is 23.0. The predicted molar refractivity (Wildman–Crippen MR) is 122 cm³/mol. The van der Waals surface area contributed by atoms with Gasteiger partial charge in [-0.15, -0.1) is 0 Å². The van der Waals surface area contributed by atoms with E-state index in [1.54, 1.807) is 20.8 Å². The second-order valence-electron chi connectivity index (χ2n) is 10.1. The van der Waals surface area contributed by atoms with Gasteiger partial charge < -0.3 is 20.5 Å². The molecule has 7 nitrogen and oxygen atoms in total. The van der Waals surface area contributed by atoms with Crippen molar-refractivity contribution in [2.75, 3.05) is 6.54 Å². The van der Waals surface area contributed by atoms with Crippen molar-refractivity contribution in [2.24, 2.45) is 11.8 Å². The number of carbonyl (C=O) groups excluding carboxylic acids is 2. The Morgan fingerprint density at radius 3 is 2.22 bits per heavy atom. The van der Waals surface area contributed by atoms with E-state index >= 15 is 0 Å². The number of amides is 2. The van der Waals surface area contributed by atoms with Crippen molar-refractivity contribution in [2.45, 2.75) is 76.4 Å². The third kappa shape index (κ3) is 6.37. The third-order valence-corrected chi connectivity index (χ3v) is 6.71. The van der Waals surface area contributed by atoms with Crippen molar-refractivity contribution >= 4 is 29.6 Å². The quantitative estimate of drug-likeness (QED) is 0.558. The molecule has 0 aliphatic heterocycles. The number of carboxylic acid groups (broad SMARTS) is 1. The molecular formula is C24H33ClN2O5. The molecule has 3 N–H and O–H groups in total. The van der Waals surface area contributed by atoms with Crippen LogP contribution >= 0.6 is 11.6 Å². The van der Waals surface area contributed by atoms with Crippen molar-refractivity contribution in [3.8, 4) is 0 Å². The summed E-state index contributed by atoms with van der Waals surface area (Å²) in [5.74, 6) is -1.59. The molecule has 2 aliphatic rings. The Labute approximate surface area is 194 Å². The SMILES string of the molecule is CC(C)(C)OC(=O)NC(C(=O)NCC1(c2ccc(Cl)cc2)CC1)[C@H]1CC[C@H](C(=O)O)CC1. The molecule has 1 aromatic rings. The molecule has 0 bridgehead atoms. The van der Waals surface area contributed by atoms with E-state index in [4.69, 9.17) is 16.3 Å². The van der Waals surface area contributed by atoms with Gasteiger partial charge in [0.1, 0.15) is 11.6 Å². The minimum Gasteiger partial charge on any atom is -0.481 e. The molecule has 1 atom stereocenters. The fourth-order valence-electron chi connectivity index (χ4n) is 4.42. The average Bonchev–Trinajstić information content (AvgIpc) is 3.51. The Bertz CT molecular complexity index is 837. The molecule has 0 spiro atoms. The first-order valence-corrected chi connectivity index (χ1v) is 11.6. The third-order valence-electron chi connectivity index (χ3n) is 6.46. The maximum absolute atomic E-state index is 13.2. The minimum atomic E-state index is -0.803. The van der Waals surface area contributed by atoms with Gasteiger partial charge in [0, 0.05) is 17.0 Å². The van der Waals surface area contributed by atoms with Gasteiger partial charge in [0.25, 0.3) is 0 Å². The van der Waals surface area contributed by atoms with Gasteiger partial charge in [0.05, 0.1) is 5.92 Å². The molecule has 1 unspecified atom stereocenters. The van der Waals surface area contributed by atoms with E-state index in [0.717, 1.165) is 18.4 Å². The maximum Gasteiger partial charge on any atom is 0.408 e. The first-order chi connectivity index (χ1) is 15.0. The summed E-state index contributed by atoms with van der Waals surface area (Å²) < 4.78 is 5.37. The van der Waals surface area contributed by atoms with Gasteiger partial charge in [-0.05, 0) is 82.9 Å². The molecule has 0 saturated heterocycles. The molecule has 2 amide bonds. The summed E-state index contributed by atoms with van der Waals surface area (Å²) >= 11 is 6.00. The van der Waals surface area contributed by atoms with Crippen molar-refractivity contribution in [3.05, 3.63) is 34.9 Å². The van der Waals surface area contributed by atoms with Gasteiger partial charge in [-0.2, -0.15) is 0 Å². The lowest BCUT2D eigenvalue weighted by molar-refractivity contribution is -0.143. The number of aliphatic carboxylic acids is 1. The summed E-state index contributed by atoms with van der Waals surface area (Å²) in [7, 11) is 0. The number of carboxylic acids is 1. The molecule has 2 fully saturated rings. The first kappa shape index (κ1) is 24.4. The van der Waals surface area contributed by atoms with Crippen LogP contribution in [-0.2, 0) is 19.7 Å². The molecule has 1 aromatic carbocycles. The van der Waals surface area contributed by atoms with Gasteiger partial charge in [-0.1, -0.05) is 23.7 Å². The van der Waals surface area contributed by atoms with Crippen LogP contribution in [0.4, 0.5) is 4.79 Å². The standard InChI is InChI=1S/C24H33ClN2O5/c1-23(2,3)32-22(31)27-19(15-4-6-16(7-5-15)21(29)30)20(28)26-14-24(12-13-24)17-8-10-18(25)11-9-17/h8-11,15-16,19H,4-7,12-14H2,1-3H3,(H,26,28)(H,27,31)(H,29,30)/t15-,16-,19?. The van der Waals surface area contributed by atoms with Crippen LogP contribution in [0.1, 0.15) is 64.9 Å². The molecule has 0 heterocycles. The lowest BCUT2D eigenvalue weighted by atomic mass is 9.78. The molecule has 176 valence electrons. The first-order valence-electron chi connectivity index (χ1n) is 11.3. The highest BCUT2D eigenvalue weighted by molar-refractivity contribution is 6.30. The molecule has 3 rings (SSSR count). The van der Waals surface area contributed by atoms with Gasteiger partial charge in [-0.3, -0.25) is 9.59 Å². The van der Waals surface area contributed by atoms with Gasteiger partial charge in [0.15, 0.2) is 0 Å². The summed E-state index contributed by atoms with van der Waals surface area (Å²) in [6.07, 6.45) is 3.42. The van der Waals surface area contributed by atoms with E-state index in [0.29, 0.717) is 37.3 Å². The van der Waals surface area contributed by atoms with E-state index < -0.39 is 29.6 Å². The maximum atomic E-state index is 13.2. The minimum absolute atomic E-state index is 0.0995. The second-order valence-corrected chi connectivity index (χ2v) is 10.5. The lowest BCUT2D eigenvalue weighted by Crippen LogP contribution is -2.53. The summed E-state index contributed by atoms with van der Waals surface area (Å²) in [4.78, 5) is 36.9. The molecule has 0 radical (unpaired) electrons. The Balaban J connectivity index is 1.66. The van der Waals surface area contributed by atoms with Crippen LogP contribution in [0, 0.1) is 11.8 Å². The monoisotopic (exact) mass is 464 g/mol. The number of hydrogen-bond donors (Lipinski definition) is 3. The smallest absolute Gasteiger partial charge is 0.408 e. The largest absolute Gasteiger partial charge is 0.481 e. The van der Waals surface area contributed by atoms with Gasteiger partial charge in [-0.25, -0.2) is 4.79 Å². The number of alkyl carbamates (subject to hydrolysis) is 1. The van der Waals surface area contributed by atoms with Crippen LogP contribution in [0.5, 0.6) is 0 Å². The number of nitrogens with one attached hydrogen (secondary N) is 2. The van der Waals surface area contributed by atoms with Crippen molar-refractivity contribution in [1.29, 1.82) is 0 Å². The van der Waals surface area contributed by atoms with Crippen LogP contribution in [0.25, 0.3) is 0 Å². The van der Waals surface area contributed by atoms with Crippen molar-refractivity contribution in [3.63, 3.8) is 0 Å². The zero-order valence-corrected chi connectivity index (χ0v) is 19.7. The highest BCUT2D eigenvalue weighted by Crippen LogP contribution is 2.47. The summed E-state index contributed by atoms with van der Waals surface area (Å²) in [5, 5.41) is 15.7. The Morgan fingerprint density at radius 1 is 1.12 bits per heavy atom. The van der Waals surface area contributed by atoms with E-state index in [2.05, 4.69) is 10.6 Å². The fourth-order valence-corrected chi connectivity index (χ4v) is 4.55. The molecule has 2 saturated carbocycles. The van der Waals surface area contributed by atoms with Gasteiger partial charge in [0.2, 0.25) is 5.91 Å². The average molecular weight is 465 g/mol. The Kier molecular flexibility index (Phi) is 7.38. The van der Waals surface area contributed by atoms with Crippen LogP contribution in [0.3, 0.4) is 0 Å². The molecule has 32 heavy (non-hydrogen) atoms. The number of hydrogen-bond acceptors (Lipinski definition) is 4. The zero-order chi connectivity index (χ0) is 23.5. The van der Waals surface area contributed by atoms with E-state index in [1.165, 1.54) is 0 Å². The number of halogens is 1. The zero-order valence-electron chi connectivity index (χ0n) is 18.9. The van der Waals surface area contributed by atoms with E-state index in [1.807, 2.05) is 24.3 Å². The second kappa shape index (κ2) is 9.69. The molecule has 2 aliphatic carbocycles. The molecule has 0 aromatic heterocycles. The molecular weight excluding hydrogens is 432 g/mol. The fraction of sp³-hybridized carbons (Fsp3) is 0.625. The van der Waals surface area contributed by atoms with E-state index in [-0.39, 0.29) is 17.2 Å². The van der Waals surface area contributed by atoms with Crippen LogP contribution in [0.15, 0.2) is 24.3 Å². The van der Waals surface area contributed by atoms with Crippen LogP contribution < -0.4 is 10.6 Å². The van der Waals surface area contributed by atoms with Gasteiger partial charge >= 0.3 is 12.1 Å². The Hall–Kier alpha value is -2.28. The molecule has 8 heteroatoms. The summed E-state index contributed by atoms with van der Waals surface area (Å²) in [6, 6.07) is 6.93. The predicted octanol–water partition coefficient (Wildman–Crippen LogP) is 4.27. The van der Waals surface area contributed by atoms with Crippen LogP contribution in [-0.4, -0.2) is 41.3 Å². The summed E-state index contributed by atoms with van der Waals surface area (Å²) in [5.41, 5.74) is 0.358.